The molecule has 3 aromatic rings. The van der Waals surface area contributed by atoms with Gasteiger partial charge in [0.1, 0.15) is 5.92 Å². The van der Waals surface area contributed by atoms with E-state index in [9.17, 15) is 19.5 Å². The summed E-state index contributed by atoms with van der Waals surface area (Å²) >= 11 is 24.1. The lowest BCUT2D eigenvalue weighted by Gasteiger charge is -2.15. The molecule has 2 aromatic carbocycles. The summed E-state index contributed by atoms with van der Waals surface area (Å²) in [6.45, 7) is 0. The number of halogens is 4. The maximum Gasteiger partial charge on any atom is 0.316 e. The molecule has 1 atom stereocenters. The zero-order chi connectivity index (χ0) is 24.1. The lowest BCUT2D eigenvalue weighted by Crippen LogP contribution is -2.31. The molecule has 3 rings (SSSR count). The van der Waals surface area contributed by atoms with E-state index in [1.165, 1.54) is 24.5 Å². The molecule has 0 spiro atoms. The molecule has 0 bridgehead atoms. The number of hydrogen-bond acceptors (Lipinski definition) is 4. The topological polar surface area (TPSA) is 108 Å². The van der Waals surface area contributed by atoms with Crippen LogP contribution >= 0.6 is 46.4 Å². The smallest absolute Gasteiger partial charge is 0.316 e. The highest BCUT2D eigenvalue weighted by Gasteiger charge is 2.28. The normalized spacial score (nSPS) is 11.5. The largest absolute Gasteiger partial charge is 0.481 e. The van der Waals surface area contributed by atoms with E-state index in [1.54, 1.807) is 30.3 Å². The summed E-state index contributed by atoms with van der Waals surface area (Å²) in [6, 6.07) is 11.0. The molecule has 3 N–H and O–H groups in total. The number of aromatic nitrogens is 1. The molecule has 33 heavy (non-hydrogen) atoms. The number of carboxylic acid groups (broad SMARTS) is 1. The predicted octanol–water partition coefficient (Wildman–Crippen LogP) is 5.83. The fraction of sp³-hybridized carbons (Fsp3) is 0.0909. The quantitative estimate of drug-likeness (QED) is 0.335. The second-order valence-electron chi connectivity index (χ2n) is 6.81. The average Bonchev–Trinajstić information content (AvgIpc) is 2.75. The third-order valence-corrected chi connectivity index (χ3v) is 5.76. The SMILES string of the molecule is O=C(Nc1ccc(CC(C(=O)O)C(=O)Nc2c(Cl)cccc2Cl)cc1)c1c(Cl)cncc1Cl. The van der Waals surface area contributed by atoms with Crippen LogP contribution in [-0.2, 0) is 16.0 Å². The first kappa shape index (κ1) is 24.8. The van der Waals surface area contributed by atoms with Crippen molar-refractivity contribution in [1.82, 2.24) is 4.98 Å². The third kappa shape index (κ3) is 6.15. The van der Waals surface area contributed by atoms with E-state index in [2.05, 4.69) is 15.6 Å². The van der Waals surface area contributed by atoms with Crippen LogP contribution in [0.2, 0.25) is 20.1 Å². The highest BCUT2D eigenvalue weighted by molar-refractivity contribution is 6.40. The van der Waals surface area contributed by atoms with E-state index in [1.807, 2.05) is 0 Å². The van der Waals surface area contributed by atoms with Crippen LogP contribution in [0.25, 0.3) is 0 Å². The molecule has 0 aliphatic heterocycles. The van der Waals surface area contributed by atoms with Crippen molar-refractivity contribution < 1.29 is 19.5 Å². The van der Waals surface area contributed by atoms with E-state index < -0.39 is 23.7 Å². The Balaban J connectivity index is 1.71. The molecule has 11 heteroatoms. The van der Waals surface area contributed by atoms with E-state index in [4.69, 9.17) is 46.4 Å². The number of carbonyl (C=O) groups is 3. The van der Waals surface area contributed by atoms with Gasteiger partial charge >= 0.3 is 5.97 Å². The minimum atomic E-state index is -1.40. The minimum Gasteiger partial charge on any atom is -0.481 e. The number of hydrogen-bond donors (Lipinski definition) is 3. The number of amides is 2. The summed E-state index contributed by atoms with van der Waals surface area (Å²) in [7, 11) is 0. The van der Waals surface area contributed by atoms with Crippen molar-refractivity contribution in [3.63, 3.8) is 0 Å². The maximum atomic E-state index is 12.6. The Bertz CT molecular complexity index is 1180. The zero-order valence-electron chi connectivity index (χ0n) is 16.6. The van der Waals surface area contributed by atoms with Crippen molar-refractivity contribution in [2.45, 2.75) is 6.42 Å². The molecule has 0 aliphatic carbocycles. The lowest BCUT2D eigenvalue weighted by atomic mass is 9.98. The van der Waals surface area contributed by atoms with Gasteiger partial charge in [0.15, 0.2) is 0 Å². The number of nitrogens with zero attached hydrogens (tertiary/aromatic N) is 1. The lowest BCUT2D eigenvalue weighted by molar-refractivity contribution is -0.145. The molecule has 0 fully saturated rings. The van der Waals surface area contributed by atoms with Gasteiger partial charge in [-0.25, -0.2) is 0 Å². The molecule has 0 saturated heterocycles. The Hall–Kier alpha value is -2.84. The van der Waals surface area contributed by atoms with Gasteiger partial charge in [0, 0.05) is 18.1 Å². The molecule has 2 amide bonds. The first-order valence-electron chi connectivity index (χ1n) is 9.34. The number of benzene rings is 2. The van der Waals surface area contributed by atoms with Crippen LogP contribution in [0.4, 0.5) is 11.4 Å². The van der Waals surface area contributed by atoms with Gasteiger partial charge in [0.05, 0.1) is 31.3 Å². The Morgan fingerprint density at radius 1 is 0.848 bits per heavy atom. The highest BCUT2D eigenvalue weighted by Crippen LogP contribution is 2.30. The Morgan fingerprint density at radius 2 is 1.42 bits per heavy atom. The van der Waals surface area contributed by atoms with Gasteiger partial charge in [-0.15, -0.1) is 0 Å². The van der Waals surface area contributed by atoms with Crippen molar-refractivity contribution in [2.75, 3.05) is 10.6 Å². The van der Waals surface area contributed by atoms with Crippen molar-refractivity contribution in [3.05, 3.63) is 86.1 Å². The number of rotatable bonds is 7. The van der Waals surface area contributed by atoms with E-state index >= 15 is 0 Å². The standard InChI is InChI=1S/C22H15Cl4N3O4/c23-14-2-1-3-15(24)19(14)29-20(30)13(22(32)33)8-11-4-6-12(7-5-11)28-21(31)18-16(25)9-27-10-17(18)26/h1-7,9-10,13H,8H2,(H,28,31)(H,29,30)(H,32,33). The number of para-hydroxylation sites is 1. The van der Waals surface area contributed by atoms with Crippen molar-refractivity contribution in [2.24, 2.45) is 5.92 Å². The van der Waals surface area contributed by atoms with Gasteiger partial charge < -0.3 is 15.7 Å². The average molecular weight is 527 g/mol. The molecule has 1 aromatic heterocycles. The predicted molar refractivity (Wildman–Crippen MR) is 129 cm³/mol. The van der Waals surface area contributed by atoms with Gasteiger partial charge in [-0.1, -0.05) is 64.6 Å². The van der Waals surface area contributed by atoms with Gasteiger partial charge in [-0.3, -0.25) is 19.4 Å². The molecule has 0 aliphatic rings. The third-order valence-electron chi connectivity index (χ3n) is 4.56. The molecule has 7 nitrogen and oxygen atoms in total. The van der Waals surface area contributed by atoms with Gasteiger partial charge in [0.25, 0.3) is 5.91 Å². The Labute approximate surface area is 208 Å². The van der Waals surface area contributed by atoms with Crippen LogP contribution in [-0.4, -0.2) is 27.9 Å². The minimum absolute atomic E-state index is 0.0817. The zero-order valence-corrected chi connectivity index (χ0v) is 19.6. The van der Waals surface area contributed by atoms with E-state index in [0.717, 1.165) is 0 Å². The molecular formula is C22H15Cl4N3O4. The van der Waals surface area contributed by atoms with Gasteiger partial charge in [-0.2, -0.15) is 0 Å². The van der Waals surface area contributed by atoms with Crippen LogP contribution in [0.5, 0.6) is 0 Å². The maximum absolute atomic E-state index is 12.6. The molecule has 1 unspecified atom stereocenters. The van der Waals surface area contributed by atoms with Crippen molar-refractivity contribution in [1.29, 1.82) is 0 Å². The summed E-state index contributed by atoms with van der Waals surface area (Å²) in [4.78, 5) is 40.6. The van der Waals surface area contributed by atoms with Crippen LogP contribution < -0.4 is 10.6 Å². The summed E-state index contributed by atoms with van der Waals surface area (Å²) in [6.07, 6.45) is 2.51. The number of pyridine rings is 1. The number of nitrogens with one attached hydrogen (secondary N) is 2. The van der Waals surface area contributed by atoms with Crippen LogP contribution in [0, 0.1) is 5.92 Å². The number of anilines is 2. The number of aliphatic carboxylic acids is 1. The van der Waals surface area contributed by atoms with Crippen molar-refractivity contribution in [3.8, 4) is 0 Å². The monoisotopic (exact) mass is 525 g/mol. The van der Waals surface area contributed by atoms with Crippen molar-refractivity contribution >= 4 is 75.6 Å². The van der Waals surface area contributed by atoms with Gasteiger partial charge in [-0.05, 0) is 36.2 Å². The molecule has 1 heterocycles. The van der Waals surface area contributed by atoms with E-state index in [0.29, 0.717) is 11.3 Å². The van der Waals surface area contributed by atoms with Gasteiger partial charge in [0.2, 0.25) is 5.91 Å². The molecule has 0 saturated carbocycles. The van der Waals surface area contributed by atoms with Crippen LogP contribution in [0.3, 0.4) is 0 Å². The molecule has 0 radical (unpaired) electrons. The summed E-state index contributed by atoms with van der Waals surface area (Å²) in [5, 5.41) is 15.3. The molecule has 170 valence electrons. The first-order valence-corrected chi connectivity index (χ1v) is 10.9. The summed E-state index contributed by atoms with van der Waals surface area (Å²) in [5.41, 5.74) is 1.20. The summed E-state index contributed by atoms with van der Waals surface area (Å²) < 4.78 is 0. The first-order chi connectivity index (χ1) is 15.7. The second-order valence-corrected chi connectivity index (χ2v) is 8.44. The molecular weight excluding hydrogens is 512 g/mol. The van der Waals surface area contributed by atoms with Crippen LogP contribution in [0.1, 0.15) is 15.9 Å². The Morgan fingerprint density at radius 3 is 1.97 bits per heavy atom. The fourth-order valence-corrected chi connectivity index (χ4v) is 3.93. The number of carbonyl (C=O) groups excluding carboxylic acids is 2. The number of carboxylic acids is 1. The van der Waals surface area contributed by atoms with E-state index in [-0.39, 0.29) is 37.8 Å². The highest BCUT2D eigenvalue weighted by atomic mass is 35.5. The Kier molecular flexibility index (Phi) is 8.15. The second kappa shape index (κ2) is 10.9. The summed E-state index contributed by atoms with van der Waals surface area (Å²) in [5.74, 6) is -4.00. The van der Waals surface area contributed by atoms with Crippen LogP contribution in [0.15, 0.2) is 54.9 Å². The fourth-order valence-electron chi connectivity index (χ4n) is 2.90.